The minimum absolute atomic E-state index is 0.0108. The van der Waals surface area contributed by atoms with Crippen LogP contribution in [0.3, 0.4) is 0 Å². The van der Waals surface area contributed by atoms with E-state index >= 15 is 0 Å². The van der Waals surface area contributed by atoms with Gasteiger partial charge in [0.1, 0.15) is 30.3 Å². The van der Waals surface area contributed by atoms with Crippen LogP contribution in [0.2, 0.25) is 5.02 Å². The van der Waals surface area contributed by atoms with Crippen molar-refractivity contribution in [2.75, 3.05) is 5.32 Å². The van der Waals surface area contributed by atoms with Gasteiger partial charge in [-0.25, -0.2) is 10.1 Å². The van der Waals surface area contributed by atoms with Gasteiger partial charge in [-0.1, -0.05) is 47.1 Å². The summed E-state index contributed by atoms with van der Waals surface area (Å²) in [6.45, 7) is 0.170. The van der Waals surface area contributed by atoms with Gasteiger partial charge in [0, 0.05) is 10.9 Å². The lowest BCUT2D eigenvalue weighted by molar-refractivity contribution is -0.116. The first-order chi connectivity index (χ1) is 18.5. The summed E-state index contributed by atoms with van der Waals surface area (Å²) >= 11 is 6.07. The average molecular weight is 528 g/mol. The molecule has 0 aliphatic rings. The van der Waals surface area contributed by atoms with Gasteiger partial charge in [-0.05, 0) is 54.1 Å². The number of ether oxygens (including phenoxy) is 1. The van der Waals surface area contributed by atoms with E-state index in [4.69, 9.17) is 16.3 Å². The van der Waals surface area contributed by atoms with Crippen molar-refractivity contribution in [3.05, 3.63) is 107 Å². The number of carbonyl (C=O) groups is 2. The zero-order valence-electron chi connectivity index (χ0n) is 20.0. The number of hydrogen-bond donors (Lipinski definition) is 3. The van der Waals surface area contributed by atoms with Crippen LogP contribution in [0.1, 0.15) is 21.7 Å². The summed E-state index contributed by atoms with van der Waals surface area (Å²) in [5, 5.41) is 16.2. The molecule has 190 valence electrons. The number of H-pyrrole nitrogens is 1. The highest BCUT2D eigenvalue weighted by atomic mass is 35.5. The Hall–Kier alpha value is -4.96. The van der Waals surface area contributed by atoms with Gasteiger partial charge in [0.25, 0.3) is 5.91 Å². The summed E-state index contributed by atoms with van der Waals surface area (Å²) in [6, 6.07) is 23.6. The molecule has 0 aliphatic heterocycles. The molecule has 11 heteroatoms. The van der Waals surface area contributed by atoms with Crippen LogP contribution >= 0.6 is 11.6 Å². The lowest BCUT2D eigenvalue weighted by Gasteiger charge is -2.06. The number of fused-ring (bicyclic) bond motifs is 1. The number of rotatable bonds is 9. The Labute approximate surface area is 222 Å². The third kappa shape index (κ3) is 6.23. The summed E-state index contributed by atoms with van der Waals surface area (Å²) in [6.07, 6.45) is 3.19. The Balaban J connectivity index is 1.08. The van der Waals surface area contributed by atoms with Crippen molar-refractivity contribution < 1.29 is 14.3 Å². The maximum atomic E-state index is 12.3. The standard InChI is InChI=1S/C27H22ClN7O3/c28-22-6-2-4-8-24(22)31-26(36)16-35-15-20(32-34-35)17-38-21-11-9-18(10-12-21)14-29-33-27(37)25-13-19-5-1-3-7-23(19)30-25/h1-15,30H,16-17H2,(H,31,36)(H,33,37)/b29-14+. The molecule has 0 unspecified atom stereocenters. The van der Waals surface area contributed by atoms with Crippen molar-refractivity contribution in [1.82, 2.24) is 25.4 Å². The molecule has 5 aromatic rings. The number of aromatic amines is 1. The van der Waals surface area contributed by atoms with Gasteiger partial charge in [-0.2, -0.15) is 5.10 Å². The number of hydrogen-bond acceptors (Lipinski definition) is 6. The molecular weight excluding hydrogens is 506 g/mol. The van der Waals surface area contributed by atoms with Gasteiger partial charge >= 0.3 is 0 Å². The average Bonchev–Trinajstić information content (AvgIpc) is 3.56. The second-order valence-electron chi connectivity index (χ2n) is 8.26. The van der Waals surface area contributed by atoms with E-state index < -0.39 is 0 Å². The summed E-state index contributed by atoms with van der Waals surface area (Å²) in [4.78, 5) is 27.6. The quantitative estimate of drug-likeness (QED) is 0.193. The van der Waals surface area contributed by atoms with E-state index in [2.05, 4.69) is 31.1 Å². The number of benzene rings is 3. The summed E-state index contributed by atoms with van der Waals surface area (Å²) in [5.74, 6) is 0.0207. The Morgan fingerprint density at radius 3 is 2.66 bits per heavy atom. The van der Waals surface area contributed by atoms with Crippen LogP contribution < -0.4 is 15.5 Å². The van der Waals surface area contributed by atoms with Crippen molar-refractivity contribution in [3.63, 3.8) is 0 Å². The van der Waals surface area contributed by atoms with Gasteiger partial charge < -0.3 is 15.0 Å². The molecule has 5 rings (SSSR count). The third-order valence-corrected chi connectivity index (χ3v) is 5.79. The van der Waals surface area contributed by atoms with Crippen molar-refractivity contribution in [1.29, 1.82) is 0 Å². The van der Waals surface area contributed by atoms with Gasteiger partial charge in [0.05, 0.1) is 23.1 Å². The van der Waals surface area contributed by atoms with Crippen molar-refractivity contribution in [3.8, 4) is 5.75 Å². The molecule has 3 N–H and O–H groups in total. The number of halogens is 1. The van der Waals surface area contributed by atoms with Crippen LogP contribution in [-0.2, 0) is 17.9 Å². The highest BCUT2D eigenvalue weighted by Crippen LogP contribution is 2.20. The molecule has 0 atom stereocenters. The van der Waals surface area contributed by atoms with E-state index in [-0.39, 0.29) is 25.0 Å². The molecule has 2 amide bonds. The SMILES string of the molecule is O=C(Cn1cc(COc2ccc(/C=N/NC(=O)c3cc4ccccc4[nH]3)cc2)nn1)Nc1ccccc1Cl. The number of carbonyl (C=O) groups excluding carboxylic acids is 2. The first-order valence-electron chi connectivity index (χ1n) is 11.6. The number of nitrogens with zero attached hydrogens (tertiary/aromatic N) is 4. The van der Waals surface area contributed by atoms with Crippen molar-refractivity contribution in [2.24, 2.45) is 5.10 Å². The minimum Gasteiger partial charge on any atom is -0.487 e. The molecule has 0 spiro atoms. The second-order valence-corrected chi connectivity index (χ2v) is 8.67. The zero-order valence-corrected chi connectivity index (χ0v) is 20.7. The van der Waals surface area contributed by atoms with Crippen LogP contribution in [0.25, 0.3) is 10.9 Å². The van der Waals surface area contributed by atoms with E-state index in [9.17, 15) is 9.59 Å². The molecule has 0 radical (unpaired) electrons. The first kappa shape index (κ1) is 24.7. The highest BCUT2D eigenvalue weighted by Gasteiger charge is 2.10. The van der Waals surface area contributed by atoms with Crippen LogP contribution in [0.15, 0.2) is 90.2 Å². The molecule has 10 nitrogen and oxygen atoms in total. The number of aromatic nitrogens is 4. The molecule has 0 saturated carbocycles. The van der Waals surface area contributed by atoms with Gasteiger partial charge in [-0.15, -0.1) is 5.10 Å². The minimum atomic E-state index is -0.327. The van der Waals surface area contributed by atoms with E-state index in [0.717, 1.165) is 16.5 Å². The van der Waals surface area contributed by atoms with Crippen LogP contribution in [0.5, 0.6) is 5.75 Å². The fourth-order valence-corrected chi connectivity index (χ4v) is 3.79. The van der Waals surface area contributed by atoms with Gasteiger partial charge in [-0.3, -0.25) is 9.59 Å². The molecule has 3 aromatic carbocycles. The number of anilines is 1. The first-order valence-corrected chi connectivity index (χ1v) is 12.0. The normalized spacial score (nSPS) is 11.1. The van der Waals surface area contributed by atoms with E-state index in [1.807, 2.05) is 36.4 Å². The number of hydrazone groups is 1. The maximum Gasteiger partial charge on any atom is 0.287 e. The number of nitrogens with one attached hydrogen (secondary N) is 3. The molecule has 0 aliphatic carbocycles. The van der Waals surface area contributed by atoms with E-state index in [1.165, 1.54) is 4.68 Å². The fourth-order valence-electron chi connectivity index (χ4n) is 3.61. The maximum absolute atomic E-state index is 12.3. The molecule has 0 bridgehead atoms. The topological polar surface area (TPSA) is 126 Å². The van der Waals surface area contributed by atoms with E-state index in [0.29, 0.717) is 27.8 Å². The third-order valence-electron chi connectivity index (χ3n) is 5.46. The lowest BCUT2D eigenvalue weighted by atomic mass is 10.2. The van der Waals surface area contributed by atoms with Crippen molar-refractivity contribution >= 4 is 46.2 Å². The Morgan fingerprint density at radius 2 is 1.84 bits per heavy atom. The highest BCUT2D eigenvalue weighted by molar-refractivity contribution is 6.33. The predicted molar refractivity (Wildman–Crippen MR) is 144 cm³/mol. The molecule has 0 fully saturated rings. The Morgan fingerprint density at radius 1 is 1.05 bits per heavy atom. The van der Waals surface area contributed by atoms with Gasteiger partial charge in [0.15, 0.2) is 0 Å². The summed E-state index contributed by atoms with van der Waals surface area (Å²) in [5.41, 5.74) is 5.73. The molecule has 2 aromatic heterocycles. The van der Waals surface area contributed by atoms with Crippen LogP contribution in [0.4, 0.5) is 5.69 Å². The number of para-hydroxylation sites is 2. The largest absolute Gasteiger partial charge is 0.487 e. The summed E-state index contributed by atoms with van der Waals surface area (Å²) < 4.78 is 7.18. The van der Waals surface area contributed by atoms with Crippen LogP contribution in [-0.4, -0.2) is 38.0 Å². The molecular formula is C27H22ClN7O3. The number of amides is 2. The van der Waals surface area contributed by atoms with Crippen LogP contribution in [0, 0.1) is 0 Å². The monoisotopic (exact) mass is 527 g/mol. The molecule has 0 saturated heterocycles. The Bertz CT molecular complexity index is 1580. The van der Waals surface area contributed by atoms with Gasteiger partial charge in [0.2, 0.25) is 5.91 Å². The molecule has 2 heterocycles. The lowest BCUT2D eigenvalue weighted by Crippen LogP contribution is -2.19. The van der Waals surface area contributed by atoms with E-state index in [1.54, 1.807) is 54.9 Å². The Kier molecular flexibility index (Phi) is 7.42. The molecule has 38 heavy (non-hydrogen) atoms. The zero-order chi connectivity index (χ0) is 26.3. The smallest absolute Gasteiger partial charge is 0.287 e. The van der Waals surface area contributed by atoms with Crippen molar-refractivity contribution in [2.45, 2.75) is 13.2 Å². The fraction of sp³-hybridized carbons (Fsp3) is 0.0741. The predicted octanol–water partition coefficient (Wildman–Crippen LogP) is 4.39. The summed E-state index contributed by atoms with van der Waals surface area (Å²) in [7, 11) is 0. The second kappa shape index (κ2) is 11.4.